The number of hydrogen-bond donors (Lipinski definition) is 2. The van der Waals surface area contributed by atoms with Crippen LogP contribution in [0.3, 0.4) is 0 Å². The highest BCUT2D eigenvalue weighted by Gasteiger charge is 2.37. The van der Waals surface area contributed by atoms with Crippen molar-refractivity contribution in [3.05, 3.63) is 39.5 Å². The Labute approximate surface area is 189 Å². The Kier molecular flexibility index (Phi) is 7.06. The number of amides is 1. The smallest absolute Gasteiger partial charge is 0.253 e. The lowest BCUT2D eigenvalue weighted by Crippen LogP contribution is -2.33. The van der Waals surface area contributed by atoms with Crippen LogP contribution < -0.4 is 10.9 Å². The van der Waals surface area contributed by atoms with Crippen molar-refractivity contribution in [3.8, 4) is 0 Å². The quantitative estimate of drug-likeness (QED) is 0.624. The first-order valence-corrected chi connectivity index (χ1v) is 13.2. The number of halogens is 1. The maximum Gasteiger partial charge on any atom is 0.253 e. The predicted octanol–water partition coefficient (Wildman–Crippen LogP) is 3.23. The fraction of sp³-hybridized carbons (Fsp3) is 0.571. The molecule has 0 spiro atoms. The first-order valence-electron chi connectivity index (χ1n) is 10.8. The van der Waals surface area contributed by atoms with E-state index in [1.807, 2.05) is 0 Å². The van der Waals surface area contributed by atoms with Gasteiger partial charge in [0.05, 0.1) is 22.3 Å². The first-order chi connectivity index (χ1) is 15.4. The van der Waals surface area contributed by atoms with Crippen LogP contribution in [0.1, 0.15) is 56.4 Å². The van der Waals surface area contributed by atoms with E-state index in [9.17, 15) is 22.4 Å². The second-order valence-electron chi connectivity index (χ2n) is 8.34. The molecule has 1 amide bonds. The molecule has 2 N–H and O–H groups in total. The van der Waals surface area contributed by atoms with Crippen LogP contribution in [0.5, 0.6) is 0 Å². The number of thiazole rings is 1. The van der Waals surface area contributed by atoms with E-state index < -0.39 is 37.6 Å². The average molecular weight is 484 g/mol. The minimum atomic E-state index is -3.78. The molecule has 0 unspecified atom stereocenters. The summed E-state index contributed by atoms with van der Waals surface area (Å²) in [4.78, 5) is 32.5. The molecule has 32 heavy (non-hydrogen) atoms. The Balaban J connectivity index is 1.74. The van der Waals surface area contributed by atoms with Gasteiger partial charge in [-0.15, -0.1) is 0 Å². The molecule has 1 saturated heterocycles. The third kappa shape index (κ3) is 4.94. The molecule has 0 radical (unpaired) electrons. The lowest BCUT2D eigenvalue weighted by atomic mass is 9.85. The van der Waals surface area contributed by atoms with E-state index in [4.69, 9.17) is 4.74 Å². The molecule has 0 aromatic carbocycles. The highest BCUT2D eigenvalue weighted by Crippen LogP contribution is 2.36. The van der Waals surface area contributed by atoms with Crippen molar-refractivity contribution >= 4 is 32.2 Å². The number of rotatable bonds is 7. The van der Waals surface area contributed by atoms with Crippen molar-refractivity contribution in [1.82, 2.24) is 9.97 Å². The number of aromatic nitrogens is 2. The molecule has 1 atom stereocenters. The molecule has 11 heteroatoms. The van der Waals surface area contributed by atoms with Crippen LogP contribution in [0.2, 0.25) is 0 Å². The number of anilines is 1. The number of hydrogen-bond acceptors (Lipinski definition) is 7. The molecule has 2 fully saturated rings. The Bertz CT molecular complexity index is 1120. The van der Waals surface area contributed by atoms with Gasteiger partial charge in [0.1, 0.15) is 0 Å². The monoisotopic (exact) mass is 483 g/mol. The van der Waals surface area contributed by atoms with E-state index >= 15 is 0 Å². The van der Waals surface area contributed by atoms with Gasteiger partial charge in [0, 0.05) is 25.0 Å². The molecular formula is C21H26FN3O5S2. The van der Waals surface area contributed by atoms with Gasteiger partial charge < -0.3 is 15.0 Å². The van der Waals surface area contributed by atoms with Crippen LogP contribution in [0.25, 0.3) is 0 Å². The average Bonchev–Trinajstić information content (AvgIpc) is 3.45. The molecule has 1 aliphatic heterocycles. The van der Waals surface area contributed by atoms with E-state index in [-0.39, 0.29) is 21.5 Å². The minimum Gasteiger partial charge on any atom is -0.381 e. The molecule has 3 heterocycles. The summed E-state index contributed by atoms with van der Waals surface area (Å²) in [5.41, 5.74) is -0.637. The van der Waals surface area contributed by atoms with Gasteiger partial charge in [0.25, 0.3) is 5.56 Å². The maximum absolute atomic E-state index is 13.4. The van der Waals surface area contributed by atoms with Gasteiger partial charge >= 0.3 is 0 Å². The number of sulfone groups is 1. The topological polar surface area (TPSA) is 118 Å². The normalized spacial score (nSPS) is 19.2. The van der Waals surface area contributed by atoms with Gasteiger partial charge in [-0.3, -0.25) is 9.59 Å². The second-order valence-corrected chi connectivity index (χ2v) is 11.5. The molecule has 174 valence electrons. The zero-order valence-corrected chi connectivity index (χ0v) is 19.1. The number of nitrogens with one attached hydrogen (secondary N) is 2. The fourth-order valence-electron chi connectivity index (χ4n) is 4.60. The summed E-state index contributed by atoms with van der Waals surface area (Å²) in [5.74, 6) is -1.49. The summed E-state index contributed by atoms with van der Waals surface area (Å²) in [6.07, 6.45) is 6.77. The van der Waals surface area contributed by atoms with E-state index in [0.717, 1.165) is 19.0 Å². The van der Waals surface area contributed by atoms with E-state index in [2.05, 4.69) is 15.3 Å². The van der Waals surface area contributed by atoms with Crippen molar-refractivity contribution in [3.63, 3.8) is 0 Å². The molecule has 8 nitrogen and oxygen atoms in total. The Hall–Kier alpha value is -2.11. The number of aromatic amines is 1. The third-order valence-corrected chi connectivity index (χ3v) is 9.31. The summed E-state index contributed by atoms with van der Waals surface area (Å²) in [7, 11) is -3.78. The first kappa shape index (κ1) is 23.1. The van der Waals surface area contributed by atoms with Crippen molar-refractivity contribution in [2.45, 2.75) is 61.0 Å². The van der Waals surface area contributed by atoms with Gasteiger partial charge in [0.2, 0.25) is 5.91 Å². The Morgan fingerprint density at radius 3 is 2.66 bits per heavy atom. The van der Waals surface area contributed by atoms with Crippen molar-refractivity contribution < 1.29 is 22.3 Å². The fourth-order valence-corrected chi connectivity index (χ4v) is 7.26. The third-order valence-electron chi connectivity index (χ3n) is 6.29. The van der Waals surface area contributed by atoms with E-state index in [1.54, 1.807) is 0 Å². The summed E-state index contributed by atoms with van der Waals surface area (Å²) in [6.45, 7) is 1.10. The SMILES string of the molecule is O=C(Nc1ncc(F)s1)[C@H](CC1CCOCC1)c1c(S(=O)(=O)C2CCCC2)cc[nH]c1=O. The zero-order chi connectivity index (χ0) is 22.7. The van der Waals surface area contributed by atoms with Crippen LogP contribution in [0, 0.1) is 11.0 Å². The number of ether oxygens (including phenoxy) is 1. The van der Waals surface area contributed by atoms with Crippen molar-refractivity contribution in [1.29, 1.82) is 0 Å². The summed E-state index contributed by atoms with van der Waals surface area (Å²) in [5, 5.41) is 1.54. The van der Waals surface area contributed by atoms with Crippen molar-refractivity contribution in [2.75, 3.05) is 18.5 Å². The summed E-state index contributed by atoms with van der Waals surface area (Å²) in [6, 6.07) is 1.39. The number of nitrogens with zero attached hydrogens (tertiary/aromatic N) is 1. The molecule has 1 aliphatic carbocycles. The molecule has 2 aromatic heterocycles. The van der Waals surface area contributed by atoms with Gasteiger partial charge in [0.15, 0.2) is 20.1 Å². The van der Waals surface area contributed by atoms with Gasteiger partial charge in [-0.2, -0.15) is 4.39 Å². The minimum absolute atomic E-state index is 0.0413. The lowest BCUT2D eigenvalue weighted by molar-refractivity contribution is -0.118. The molecular weight excluding hydrogens is 457 g/mol. The predicted molar refractivity (Wildman–Crippen MR) is 118 cm³/mol. The van der Waals surface area contributed by atoms with E-state index in [0.29, 0.717) is 56.7 Å². The molecule has 4 rings (SSSR count). The van der Waals surface area contributed by atoms with Crippen LogP contribution in [0.4, 0.5) is 9.52 Å². The highest BCUT2D eigenvalue weighted by molar-refractivity contribution is 7.92. The largest absolute Gasteiger partial charge is 0.381 e. The van der Waals surface area contributed by atoms with Gasteiger partial charge in [-0.05, 0) is 44.1 Å². The zero-order valence-electron chi connectivity index (χ0n) is 17.5. The van der Waals surface area contributed by atoms with Crippen LogP contribution in [-0.4, -0.2) is 42.8 Å². The Morgan fingerprint density at radius 1 is 1.28 bits per heavy atom. The summed E-state index contributed by atoms with van der Waals surface area (Å²) < 4.78 is 45.6. The van der Waals surface area contributed by atoms with Crippen LogP contribution in [-0.2, 0) is 19.4 Å². The number of H-pyrrole nitrogens is 1. The van der Waals surface area contributed by atoms with Crippen LogP contribution >= 0.6 is 11.3 Å². The van der Waals surface area contributed by atoms with Gasteiger partial charge in [-0.25, -0.2) is 13.4 Å². The maximum atomic E-state index is 13.4. The summed E-state index contributed by atoms with van der Waals surface area (Å²) >= 11 is 0.675. The molecule has 2 aliphatic rings. The number of pyridine rings is 1. The van der Waals surface area contributed by atoms with Gasteiger partial charge in [-0.1, -0.05) is 24.2 Å². The second kappa shape index (κ2) is 9.80. The van der Waals surface area contributed by atoms with Crippen LogP contribution in [0.15, 0.2) is 28.2 Å². The number of carbonyl (C=O) groups is 1. The molecule has 2 aromatic rings. The Morgan fingerprint density at radius 2 is 2.00 bits per heavy atom. The highest BCUT2D eigenvalue weighted by atomic mass is 32.2. The van der Waals surface area contributed by atoms with E-state index in [1.165, 1.54) is 12.3 Å². The standard InChI is InChI=1S/C21H26FN3O5S2/c22-17-12-24-21(31-17)25-19(26)15(11-13-6-9-30-10-7-13)18-16(5-8-23-20(18)27)32(28,29)14-3-1-2-4-14/h5,8,12-15H,1-4,6-7,9-11H2,(H,23,27)(H,24,25,26)/t15-/m1/s1. The van der Waals surface area contributed by atoms with Crippen molar-refractivity contribution in [2.24, 2.45) is 5.92 Å². The molecule has 0 bridgehead atoms. The molecule has 1 saturated carbocycles. The lowest BCUT2D eigenvalue weighted by Gasteiger charge is -2.27. The number of carbonyl (C=O) groups excluding carboxylic acids is 1.